The van der Waals surface area contributed by atoms with Crippen molar-refractivity contribution in [2.75, 3.05) is 6.61 Å². The molecule has 0 saturated heterocycles. The van der Waals surface area contributed by atoms with Crippen molar-refractivity contribution >= 4 is 0 Å². The number of rotatable bonds is 5. The first-order valence-electron chi connectivity index (χ1n) is 6.05. The Morgan fingerprint density at radius 3 is 2.21 bits per heavy atom. The fraction of sp³-hybridized carbons (Fsp3) is 0.200. The molecule has 19 heavy (non-hydrogen) atoms. The summed E-state index contributed by atoms with van der Waals surface area (Å²) in [6, 6.07) is 11.4. The van der Waals surface area contributed by atoms with Crippen LogP contribution in [-0.2, 0) is 13.0 Å². The van der Waals surface area contributed by atoms with Crippen LogP contribution in [0.4, 0.5) is 8.78 Å². The van der Waals surface area contributed by atoms with Gasteiger partial charge in [-0.05, 0) is 23.3 Å². The van der Waals surface area contributed by atoms with Crippen LogP contribution in [0.5, 0.6) is 5.75 Å². The monoisotopic (exact) mass is 263 g/mol. The van der Waals surface area contributed by atoms with E-state index in [2.05, 4.69) is 0 Å². The molecule has 0 aliphatic rings. The summed E-state index contributed by atoms with van der Waals surface area (Å²) < 4.78 is 31.0. The SMILES string of the molecule is NCc1ccc(CCOc2ccc(F)c(F)c2)cc1. The molecule has 4 heteroatoms. The summed E-state index contributed by atoms with van der Waals surface area (Å²) >= 11 is 0. The van der Waals surface area contributed by atoms with Crippen LogP contribution in [0.15, 0.2) is 42.5 Å². The maximum Gasteiger partial charge on any atom is 0.162 e. The van der Waals surface area contributed by atoms with Gasteiger partial charge < -0.3 is 10.5 Å². The minimum Gasteiger partial charge on any atom is -0.493 e. The van der Waals surface area contributed by atoms with Crippen LogP contribution in [0.1, 0.15) is 11.1 Å². The van der Waals surface area contributed by atoms with Gasteiger partial charge in [0, 0.05) is 19.0 Å². The van der Waals surface area contributed by atoms with Crippen LogP contribution in [0.25, 0.3) is 0 Å². The number of hydrogen-bond donors (Lipinski definition) is 1. The number of benzene rings is 2. The van der Waals surface area contributed by atoms with Crippen LogP contribution in [0, 0.1) is 11.6 Å². The van der Waals surface area contributed by atoms with E-state index >= 15 is 0 Å². The third kappa shape index (κ3) is 3.76. The molecule has 2 aromatic rings. The largest absolute Gasteiger partial charge is 0.493 e. The Labute approximate surface area is 110 Å². The van der Waals surface area contributed by atoms with Crippen molar-refractivity contribution in [1.29, 1.82) is 0 Å². The number of halogens is 2. The second-order valence-corrected chi connectivity index (χ2v) is 4.19. The molecule has 2 N–H and O–H groups in total. The summed E-state index contributed by atoms with van der Waals surface area (Å²) in [7, 11) is 0. The molecule has 0 atom stereocenters. The first-order valence-corrected chi connectivity index (χ1v) is 6.05. The van der Waals surface area contributed by atoms with Gasteiger partial charge in [0.05, 0.1) is 6.61 Å². The smallest absolute Gasteiger partial charge is 0.162 e. The number of ether oxygens (including phenoxy) is 1. The number of nitrogens with two attached hydrogens (primary N) is 1. The molecule has 0 spiro atoms. The second-order valence-electron chi connectivity index (χ2n) is 4.19. The zero-order valence-electron chi connectivity index (χ0n) is 10.4. The van der Waals surface area contributed by atoms with Crippen molar-refractivity contribution in [3.63, 3.8) is 0 Å². The molecule has 0 aliphatic heterocycles. The minimum atomic E-state index is -0.898. The van der Waals surface area contributed by atoms with E-state index in [9.17, 15) is 8.78 Å². The van der Waals surface area contributed by atoms with E-state index in [-0.39, 0.29) is 0 Å². The van der Waals surface area contributed by atoms with Crippen LogP contribution >= 0.6 is 0 Å². The normalized spacial score (nSPS) is 10.5. The summed E-state index contributed by atoms with van der Waals surface area (Å²) in [5, 5.41) is 0. The van der Waals surface area contributed by atoms with Gasteiger partial charge in [0.25, 0.3) is 0 Å². The summed E-state index contributed by atoms with van der Waals surface area (Å²) in [6.07, 6.45) is 0.698. The van der Waals surface area contributed by atoms with Gasteiger partial charge in [-0.2, -0.15) is 0 Å². The van der Waals surface area contributed by atoms with Crippen LogP contribution in [-0.4, -0.2) is 6.61 Å². The lowest BCUT2D eigenvalue weighted by Crippen LogP contribution is -2.02. The molecule has 100 valence electrons. The Kier molecular flexibility index (Phi) is 4.47. The van der Waals surface area contributed by atoms with E-state index in [0.717, 1.165) is 23.3 Å². The Bertz CT molecular complexity index is 540. The van der Waals surface area contributed by atoms with E-state index in [1.165, 1.54) is 6.07 Å². The van der Waals surface area contributed by atoms with Gasteiger partial charge in [-0.3, -0.25) is 0 Å². The molecule has 0 heterocycles. The van der Waals surface area contributed by atoms with Crippen molar-refractivity contribution < 1.29 is 13.5 Å². The van der Waals surface area contributed by atoms with E-state index in [1.54, 1.807) is 0 Å². The highest BCUT2D eigenvalue weighted by Crippen LogP contribution is 2.15. The fourth-order valence-corrected chi connectivity index (χ4v) is 1.70. The van der Waals surface area contributed by atoms with Crippen molar-refractivity contribution in [2.45, 2.75) is 13.0 Å². The molecular formula is C15H15F2NO. The second kappa shape index (κ2) is 6.29. The van der Waals surface area contributed by atoms with Gasteiger partial charge in [-0.25, -0.2) is 8.78 Å². The quantitative estimate of drug-likeness (QED) is 0.899. The van der Waals surface area contributed by atoms with Gasteiger partial charge in [0.1, 0.15) is 5.75 Å². The van der Waals surface area contributed by atoms with Gasteiger partial charge in [0.2, 0.25) is 0 Å². The Balaban J connectivity index is 1.86. The van der Waals surface area contributed by atoms with Gasteiger partial charge in [-0.15, -0.1) is 0 Å². The zero-order chi connectivity index (χ0) is 13.7. The van der Waals surface area contributed by atoms with Crippen molar-refractivity contribution in [3.05, 3.63) is 65.2 Å². The molecule has 0 radical (unpaired) electrons. The van der Waals surface area contributed by atoms with Crippen LogP contribution < -0.4 is 10.5 Å². The molecule has 2 aromatic carbocycles. The van der Waals surface area contributed by atoms with Gasteiger partial charge in [-0.1, -0.05) is 24.3 Å². The van der Waals surface area contributed by atoms with Crippen molar-refractivity contribution in [2.24, 2.45) is 5.73 Å². The molecule has 0 unspecified atom stereocenters. The predicted molar refractivity (Wildman–Crippen MR) is 69.9 cm³/mol. The highest BCUT2D eigenvalue weighted by atomic mass is 19.2. The van der Waals surface area contributed by atoms with Crippen LogP contribution in [0.3, 0.4) is 0 Å². The van der Waals surface area contributed by atoms with E-state index < -0.39 is 11.6 Å². The maximum atomic E-state index is 12.9. The summed E-state index contributed by atoms with van der Waals surface area (Å²) in [4.78, 5) is 0. The van der Waals surface area contributed by atoms with E-state index in [0.29, 0.717) is 25.3 Å². The molecule has 0 bridgehead atoms. The van der Waals surface area contributed by atoms with Crippen molar-refractivity contribution in [1.82, 2.24) is 0 Å². The Hall–Kier alpha value is -1.94. The minimum absolute atomic E-state index is 0.331. The predicted octanol–water partition coefficient (Wildman–Crippen LogP) is 3.05. The first-order chi connectivity index (χ1) is 9.19. The third-order valence-corrected chi connectivity index (χ3v) is 2.81. The molecule has 2 nitrogen and oxygen atoms in total. The summed E-state index contributed by atoms with van der Waals surface area (Å²) in [5.41, 5.74) is 7.70. The number of hydrogen-bond acceptors (Lipinski definition) is 2. The Morgan fingerprint density at radius 2 is 1.58 bits per heavy atom. The van der Waals surface area contributed by atoms with E-state index in [4.69, 9.17) is 10.5 Å². The Morgan fingerprint density at radius 1 is 0.895 bits per heavy atom. The van der Waals surface area contributed by atoms with Crippen LogP contribution in [0.2, 0.25) is 0 Å². The van der Waals surface area contributed by atoms with Gasteiger partial charge >= 0.3 is 0 Å². The molecule has 0 fully saturated rings. The molecule has 0 aromatic heterocycles. The average Bonchev–Trinajstić information content (AvgIpc) is 2.43. The molecule has 0 saturated carbocycles. The standard InChI is InChI=1S/C15H15F2NO/c16-14-6-5-13(9-15(14)17)19-8-7-11-1-3-12(10-18)4-2-11/h1-6,9H,7-8,10,18H2. The third-order valence-electron chi connectivity index (χ3n) is 2.81. The molecule has 2 rings (SSSR count). The maximum absolute atomic E-state index is 12.9. The lowest BCUT2D eigenvalue weighted by Gasteiger charge is -2.07. The summed E-state index contributed by atoms with van der Waals surface area (Å²) in [5.74, 6) is -1.44. The highest BCUT2D eigenvalue weighted by Gasteiger charge is 2.03. The van der Waals surface area contributed by atoms with E-state index in [1.807, 2.05) is 24.3 Å². The average molecular weight is 263 g/mol. The molecule has 0 aliphatic carbocycles. The fourth-order valence-electron chi connectivity index (χ4n) is 1.70. The van der Waals surface area contributed by atoms with Crippen molar-refractivity contribution in [3.8, 4) is 5.75 Å². The lowest BCUT2D eigenvalue weighted by molar-refractivity contribution is 0.318. The zero-order valence-corrected chi connectivity index (χ0v) is 10.4. The van der Waals surface area contributed by atoms with Gasteiger partial charge in [0.15, 0.2) is 11.6 Å². The molecule has 0 amide bonds. The lowest BCUT2D eigenvalue weighted by atomic mass is 10.1. The molecular weight excluding hydrogens is 248 g/mol. The topological polar surface area (TPSA) is 35.2 Å². The first kappa shape index (κ1) is 13.5. The summed E-state index contributed by atoms with van der Waals surface area (Å²) in [6.45, 7) is 0.929. The highest BCUT2D eigenvalue weighted by molar-refractivity contribution is 5.25.